The average molecular weight is 763 g/mol. The summed E-state index contributed by atoms with van der Waals surface area (Å²) in [5.41, 5.74) is 8.83. The van der Waals surface area contributed by atoms with Crippen LogP contribution in [0.1, 0.15) is 11.3 Å². The summed E-state index contributed by atoms with van der Waals surface area (Å²) in [7, 11) is 0. The number of hydrogen-bond donors (Lipinski definition) is 0. The summed E-state index contributed by atoms with van der Waals surface area (Å²) in [6, 6.07) is 48.2. The van der Waals surface area contributed by atoms with Crippen LogP contribution in [0.5, 0.6) is 0 Å². The van der Waals surface area contributed by atoms with Gasteiger partial charge in [0, 0.05) is 37.5 Å². The highest BCUT2D eigenvalue weighted by atomic mass is 32.1. The van der Waals surface area contributed by atoms with Gasteiger partial charge >= 0.3 is 0 Å². The minimum atomic E-state index is 0.517. The number of nitrogens with zero attached hydrogens (tertiary/aromatic N) is 6. The monoisotopic (exact) mass is 762 g/mol. The summed E-state index contributed by atoms with van der Waals surface area (Å²) >= 11 is 1.69. The van der Waals surface area contributed by atoms with Gasteiger partial charge in [-0.15, -0.1) is 11.3 Å². The van der Waals surface area contributed by atoms with Crippen molar-refractivity contribution < 1.29 is 4.42 Å². The predicted octanol–water partition coefficient (Wildman–Crippen LogP) is 12.9. The van der Waals surface area contributed by atoms with E-state index in [4.69, 9.17) is 29.3 Å². The average Bonchev–Trinajstić information content (AvgIpc) is 3.87. The quantitative estimate of drug-likeness (QED) is 0.142. The van der Waals surface area contributed by atoms with Crippen LogP contribution in [0, 0.1) is 11.3 Å². The number of para-hydroxylation sites is 1. The molecule has 0 unspecified atom stereocenters. The van der Waals surface area contributed by atoms with E-state index in [-0.39, 0.29) is 0 Å². The molecular formula is C50H30N6OS. The molecule has 0 spiro atoms. The molecule has 0 saturated carbocycles. The van der Waals surface area contributed by atoms with Crippen molar-refractivity contribution >= 4 is 59.7 Å². The first kappa shape index (κ1) is 34.6. The van der Waals surface area contributed by atoms with Gasteiger partial charge in [-0.05, 0) is 41.5 Å². The second kappa shape index (κ2) is 14.7. The number of fused-ring (bicyclic) bond motifs is 6. The summed E-state index contributed by atoms with van der Waals surface area (Å²) in [4.78, 5) is 25.5. The van der Waals surface area contributed by atoms with E-state index in [1.165, 1.54) is 0 Å². The Morgan fingerprint density at radius 3 is 2.03 bits per heavy atom. The van der Waals surface area contributed by atoms with Crippen molar-refractivity contribution in [1.82, 2.24) is 24.9 Å². The first-order valence-corrected chi connectivity index (χ1v) is 19.5. The van der Waals surface area contributed by atoms with Gasteiger partial charge in [-0.25, -0.2) is 24.9 Å². The first-order valence-electron chi connectivity index (χ1n) is 18.7. The van der Waals surface area contributed by atoms with Gasteiger partial charge in [-0.3, -0.25) is 0 Å². The highest BCUT2D eigenvalue weighted by molar-refractivity contribution is 7.26. The van der Waals surface area contributed by atoms with Gasteiger partial charge in [0.1, 0.15) is 11.2 Å². The molecule has 0 saturated heterocycles. The van der Waals surface area contributed by atoms with Crippen LogP contribution in [-0.4, -0.2) is 24.9 Å². The molecule has 58 heavy (non-hydrogen) atoms. The fraction of sp³-hybridized carbons (Fsp3) is 0. The Morgan fingerprint density at radius 1 is 0.552 bits per heavy atom. The zero-order valence-electron chi connectivity index (χ0n) is 30.9. The molecule has 0 N–H and O–H groups in total. The molecule has 0 aliphatic carbocycles. The lowest BCUT2D eigenvalue weighted by molar-refractivity contribution is 0.669. The number of aromatic nitrogens is 5. The third kappa shape index (κ3) is 6.13. The van der Waals surface area contributed by atoms with Crippen molar-refractivity contribution in [2.24, 2.45) is 0 Å². The maximum atomic E-state index is 9.71. The normalized spacial score (nSPS) is 11.7. The Hall–Kier alpha value is -7.86. The lowest BCUT2D eigenvalue weighted by Gasteiger charge is -2.10. The Morgan fingerprint density at radius 2 is 1.21 bits per heavy atom. The Bertz CT molecular complexity index is 3320. The van der Waals surface area contributed by atoms with E-state index in [2.05, 4.69) is 30.8 Å². The molecular weight excluding hydrogens is 733 g/mol. The Labute approximate surface area is 337 Å². The molecule has 0 aliphatic heterocycles. The highest BCUT2D eigenvalue weighted by Gasteiger charge is 2.22. The van der Waals surface area contributed by atoms with E-state index in [0.29, 0.717) is 40.0 Å². The van der Waals surface area contributed by atoms with Crippen LogP contribution in [0.25, 0.3) is 105 Å². The highest BCUT2D eigenvalue weighted by Crippen LogP contribution is 2.42. The molecule has 0 radical (unpaired) electrons. The van der Waals surface area contributed by atoms with Gasteiger partial charge in [-0.2, -0.15) is 5.26 Å². The summed E-state index contributed by atoms with van der Waals surface area (Å²) in [5.74, 6) is 2.18. The molecule has 0 bridgehead atoms. The lowest BCUT2D eigenvalue weighted by atomic mass is 9.99. The van der Waals surface area contributed by atoms with E-state index in [1.54, 1.807) is 17.4 Å². The second-order valence-corrected chi connectivity index (χ2v) is 14.6. The fourth-order valence-corrected chi connectivity index (χ4v) is 8.43. The standard InChI is InChI=1S/C50H30N6OS/c1-2-3-4-8-23-40-46-44(36-19-11-12-25-42(36)58-46)53-50(52-40)39-22-13-20-37-43-38(21-14-24-41(43)57-45(37)39)49-55-47(32-15-6-5-7-16-32)54-48(56-49)33-28-26-31(27-29-33)35-18-10-9-17-34(35)30-51/h2-29H,1H2/b4-3-,23-8+. The third-order valence-electron chi connectivity index (χ3n) is 10.0. The largest absolute Gasteiger partial charge is 0.455 e. The third-order valence-corrected chi connectivity index (χ3v) is 11.2. The maximum Gasteiger partial charge on any atom is 0.164 e. The predicted molar refractivity (Wildman–Crippen MR) is 236 cm³/mol. The number of benzene rings is 6. The molecule has 10 rings (SSSR count). The summed E-state index contributed by atoms with van der Waals surface area (Å²) in [6.45, 7) is 3.79. The molecule has 4 heterocycles. The number of thiophene rings is 1. The molecule has 0 fully saturated rings. The second-order valence-electron chi connectivity index (χ2n) is 13.6. The summed E-state index contributed by atoms with van der Waals surface area (Å²) in [5, 5.41) is 12.6. The van der Waals surface area contributed by atoms with Gasteiger partial charge < -0.3 is 4.42 Å². The zero-order valence-corrected chi connectivity index (χ0v) is 31.7. The van der Waals surface area contributed by atoms with Crippen LogP contribution >= 0.6 is 11.3 Å². The number of furan rings is 1. The smallest absolute Gasteiger partial charge is 0.164 e. The van der Waals surface area contributed by atoms with Crippen molar-refractivity contribution in [3.05, 3.63) is 182 Å². The molecule has 0 atom stereocenters. The topological polar surface area (TPSA) is 101 Å². The van der Waals surface area contributed by atoms with E-state index in [1.807, 2.05) is 146 Å². The molecule has 272 valence electrons. The molecule has 4 aromatic heterocycles. The van der Waals surface area contributed by atoms with Crippen LogP contribution in [0.3, 0.4) is 0 Å². The zero-order chi connectivity index (χ0) is 39.0. The van der Waals surface area contributed by atoms with Crippen LogP contribution in [0.2, 0.25) is 0 Å². The number of nitriles is 1. The molecule has 8 heteroatoms. The van der Waals surface area contributed by atoms with E-state index >= 15 is 0 Å². The van der Waals surface area contributed by atoms with Crippen molar-refractivity contribution in [2.45, 2.75) is 0 Å². The Kier molecular flexibility index (Phi) is 8.75. The van der Waals surface area contributed by atoms with E-state index in [9.17, 15) is 5.26 Å². The molecule has 10 aromatic rings. The van der Waals surface area contributed by atoms with E-state index < -0.39 is 0 Å². The molecule has 0 amide bonds. The summed E-state index contributed by atoms with van der Waals surface area (Å²) in [6.07, 6.45) is 9.56. The van der Waals surface area contributed by atoms with Crippen LogP contribution in [0.4, 0.5) is 0 Å². The van der Waals surface area contributed by atoms with Gasteiger partial charge in [0.15, 0.2) is 23.3 Å². The van der Waals surface area contributed by atoms with Crippen LogP contribution in [-0.2, 0) is 0 Å². The van der Waals surface area contributed by atoms with Gasteiger partial charge in [0.25, 0.3) is 0 Å². The SMILES string of the molecule is C=C/C=C\C=C\c1nc(-c2cccc3c2oc2cccc(-c4nc(-c5ccccc5)nc(-c5ccc(-c6ccccc6C#N)cc5)n4)c23)nc2c1sc1ccccc12. The number of rotatable bonds is 8. The molecule has 6 aromatic carbocycles. The van der Waals surface area contributed by atoms with Gasteiger partial charge in [-0.1, -0.05) is 146 Å². The van der Waals surface area contributed by atoms with Crippen molar-refractivity contribution in [3.63, 3.8) is 0 Å². The van der Waals surface area contributed by atoms with Crippen molar-refractivity contribution in [3.8, 4) is 62.7 Å². The molecule has 7 nitrogen and oxygen atoms in total. The van der Waals surface area contributed by atoms with Crippen molar-refractivity contribution in [2.75, 3.05) is 0 Å². The summed E-state index contributed by atoms with van der Waals surface area (Å²) < 4.78 is 8.90. The van der Waals surface area contributed by atoms with Gasteiger partial charge in [0.2, 0.25) is 0 Å². The number of hydrogen-bond acceptors (Lipinski definition) is 8. The minimum absolute atomic E-state index is 0.517. The number of allylic oxidation sites excluding steroid dienone is 4. The Balaban J connectivity index is 1.14. The van der Waals surface area contributed by atoms with E-state index in [0.717, 1.165) is 70.1 Å². The fourth-order valence-electron chi connectivity index (χ4n) is 7.32. The van der Waals surface area contributed by atoms with Crippen LogP contribution in [0.15, 0.2) is 175 Å². The minimum Gasteiger partial charge on any atom is -0.455 e. The van der Waals surface area contributed by atoms with Gasteiger partial charge in [0.05, 0.1) is 33.1 Å². The van der Waals surface area contributed by atoms with Crippen molar-refractivity contribution in [1.29, 1.82) is 5.26 Å². The maximum absolute atomic E-state index is 9.71. The molecule has 0 aliphatic rings. The van der Waals surface area contributed by atoms with Crippen LogP contribution < -0.4 is 0 Å². The first-order chi connectivity index (χ1) is 28.7. The lowest BCUT2D eigenvalue weighted by Crippen LogP contribution is -2.00.